The summed E-state index contributed by atoms with van der Waals surface area (Å²) in [7, 11) is -4.47. The Hall–Kier alpha value is -3.98. The molecule has 15 heteroatoms. The lowest BCUT2D eigenvalue weighted by Gasteiger charge is -2.39. The Bertz CT molecular complexity index is 1430. The van der Waals surface area contributed by atoms with Crippen molar-refractivity contribution >= 4 is 33.7 Å². The van der Waals surface area contributed by atoms with Crippen LogP contribution in [0.25, 0.3) is 0 Å². The van der Waals surface area contributed by atoms with E-state index in [-0.39, 0.29) is 32.6 Å². The molecule has 3 N–H and O–H groups in total. The van der Waals surface area contributed by atoms with Crippen molar-refractivity contribution in [1.82, 2.24) is 19.8 Å². The average Bonchev–Trinajstić information content (AvgIpc) is 2.97. The molecule has 1 aliphatic heterocycles. The average molecular weight is 627 g/mol. The molecule has 11 nitrogen and oxygen atoms in total. The molecule has 0 aromatic heterocycles. The van der Waals surface area contributed by atoms with E-state index in [0.717, 1.165) is 27.6 Å². The van der Waals surface area contributed by atoms with E-state index in [0.29, 0.717) is 18.1 Å². The summed E-state index contributed by atoms with van der Waals surface area (Å²) in [5, 5.41) is 13.7. The van der Waals surface area contributed by atoms with Gasteiger partial charge in [-0.15, -0.1) is 0 Å². The molecule has 1 atom stereocenters. The number of carboxylic acids is 1. The largest absolute Gasteiger partial charge is 0.481 e. The van der Waals surface area contributed by atoms with Crippen LogP contribution in [0.1, 0.15) is 49.3 Å². The molecule has 3 amide bonds. The molecule has 2 aromatic carbocycles. The fourth-order valence-electron chi connectivity index (χ4n) is 4.37. The van der Waals surface area contributed by atoms with Crippen LogP contribution in [0.4, 0.5) is 13.2 Å². The number of nitrogens with zero attached hydrogens (tertiary/aromatic N) is 2. The van der Waals surface area contributed by atoms with Crippen molar-refractivity contribution < 1.29 is 45.9 Å². The lowest BCUT2D eigenvalue weighted by Crippen LogP contribution is -2.62. The second kappa shape index (κ2) is 14.0. The SMILES string of the molecule is CC(C)c1ccc(CNC(=O)[C@H]2CN(C(=O)CNC(=O)CCC(=O)O)CCN2S(=O)(=O)c2ccc(C(F)(F)F)cc2)cc1. The van der Waals surface area contributed by atoms with Crippen LogP contribution < -0.4 is 10.6 Å². The van der Waals surface area contributed by atoms with Crippen LogP contribution in [0.5, 0.6) is 0 Å². The minimum Gasteiger partial charge on any atom is -0.481 e. The zero-order valence-corrected chi connectivity index (χ0v) is 24.4. The summed E-state index contributed by atoms with van der Waals surface area (Å²) in [6.07, 6.45) is -5.44. The molecular formula is C28H33F3N4O7S. The van der Waals surface area contributed by atoms with Gasteiger partial charge in [-0.25, -0.2) is 8.42 Å². The van der Waals surface area contributed by atoms with Gasteiger partial charge in [0.1, 0.15) is 6.04 Å². The van der Waals surface area contributed by atoms with E-state index in [9.17, 15) is 40.8 Å². The first kappa shape index (κ1) is 33.5. The number of amides is 3. The van der Waals surface area contributed by atoms with Crippen LogP contribution in [0.3, 0.4) is 0 Å². The Balaban J connectivity index is 1.79. The molecule has 1 aliphatic rings. The number of piperazine rings is 1. The van der Waals surface area contributed by atoms with E-state index in [1.807, 2.05) is 38.1 Å². The minimum absolute atomic E-state index is 0.0510. The number of hydrogen-bond donors (Lipinski definition) is 3. The maximum Gasteiger partial charge on any atom is 0.416 e. The normalized spacial score (nSPS) is 16.1. The summed E-state index contributed by atoms with van der Waals surface area (Å²) >= 11 is 0. The van der Waals surface area contributed by atoms with Gasteiger partial charge in [0.25, 0.3) is 0 Å². The van der Waals surface area contributed by atoms with E-state index in [4.69, 9.17) is 5.11 Å². The van der Waals surface area contributed by atoms with Crippen LogP contribution in [0, 0.1) is 0 Å². The summed E-state index contributed by atoms with van der Waals surface area (Å²) in [4.78, 5) is 49.4. The highest BCUT2D eigenvalue weighted by Crippen LogP contribution is 2.31. The van der Waals surface area contributed by atoms with Gasteiger partial charge in [-0.3, -0.25) is 19.2 Å². The molecule has 2 aromatic rings. The maximum atomic E-state index is 13.5. The fourth-order valence-corrected chi connectivity index (χ4v) is 5.94. The third kappa shape index (κ3) is 9.00. The molecular weight excluding hydrogens is 593 g/mol. The number of aliphatic carboxylic acids is 1. The lowest BCUT2D eigenvalue weighted by molar-refractivity contribution is -0.139. The summed E-state index contributed by atoms with van der Waals surface area (Å²) in [6.45, 7) is 2.71. The minimum atomic E-state index is -4.67. The Morgan fingerprint density at radius 3 is 2.14 bits per heavy atom. The van der Waals surface area contributed by atoms with Crippen molar-refractivity contribution in [3.8, 4) is 0 Å². The van der Waals surface area contributed by atoms with Crippen LogP contribution in [-0.4, -0.2) is 78.6 Å². The molecule has 43 heavy (non-hydrogen) atoms. The topological polar surface area (TPSA) is 153 Å². The maximum absolute atomic E-state index is 13.5. The molecule has 1 saturated heterocycles. The Morgan fingerprint density at radius 2 is 1.58 bits per heavy atom. The molecule has 1 fully saturated rings. The zero-order chi connectivity index (χ0) is 31.9. The highest BCUT2D eigenvalue weighted by Gasteiger charge is 2.41. The van der Waals surface area contributed by atoms with Crippen LogP contribution in [0.15, 0.2) is 53.4 Å². The number of nitrogens with one attached hydrogen (secondary N) is 2. The number of hydrogen-bond acceptors (Lipinski definition) is 6. The van der Waals surface area contributed by atoms with Gasteiger partial charge in [-0.1, -0.05) is 38.1 Å². The predicted molar refractivity (Wildman–Crippen MR) is 148 cm³/mol. The van der Waals surface area contributed by atoms with E-state index < -0.39 is 69.4 Å². The van der Waals surface area contributed by atoms with Gasteiger partial charge >= 0.3 is 12.1 Å². The third-order valence-electron chi connectivity index (χ3n) is 6.89. The van der Waals surface area contributed by atoms with Gasteiger partial charge in [0, 0.05) is 32.6 Å². The summed E-state index contributed by atoms with van der Waals surface area (Å²) in [5.74, 6) is -2.92. The molecule has 0 radical (unpaired) electrons. The van der Waals surface area contributed by atoms with E-state index in [1.165, 1.54) is 4.90 Å². The molecule has 234 valence electrons. The Morgan fingerprint density at radius 1 is 0.953 bits per heavy atom. The molecule has 0 saturated carbocycles. The van der Waals surface area contributed by atoms with Gasteiger partial charge in [0.05, 0.1) is 23.4 Å². The van der Waals surface area contributed by atoms with Gasteiger partial charge < -0.3 is 20.6 Å². The molecule has 0 spiro atoms. The molecule has 0 aliphatic carbocycles. The first-order valence-corrected chi connectivity index (χ1v) is 14.9. The van der Waals surface area contributed by atoms with E-state index >= 15 is 0 Å². The second-order valence-corrected chi connectivity index (χ2v) is 12.2. The zero-order valence-electron chi connectivity index (χ0n) is 23.6. The number of rotatable bonds is 11. The smallest absolute Gasteiger partial charge is 0.416 e. The fraction of sp³-hybridized carbons (Fsp3) is 0.429. The number of alkyl halides is 3. The summed E-state index contributed by atoms with van der Waals surface area (Å²) < 4.78 is 67.0. The lowest BCUT2D eigenvalue weighted by atomic mass is 10.0. The van der Waals surface area contributed by atoms with Crippen molar-refractivity contribution in [2.75, 3.05) is 26.2 Å². The van der Waals surface area contributed by atoms with Crippen molar-refractivity contribution in [3.63, 3.8) is 0 Å². The highest BCUT2D eigenvalue weighted by molar-refractivity contribution is 7.89. The third-order valence-corrected chi connectivity index (χ3v) is 8.81. The number of benzene rings is 2. The van der Waals surface area contributed by atoms with Crippen LogP contribution in [-0.2, 0) is 41.9 Å². The number of carbonyl (C=O) groups is 4. The summed E-state index contributed by atoms with van der Waals surface area (Å²) in [6, 6.07) is 8.90. The Labute approximate surface area is 247 Å². The van der Waals surface area contributed by atoms with Gasteiger partial charge in [-0.05, 0) is 41.3 Å². The first-order chi connectivity index (χ1) is 20.1. The first-order valence-electron chi connectivity index (χ1n) is 13.4. The van der Waals surface area contributed by atoms with Gasteiger partial charge in [0.15, 0.2) is 0 Å². The molecule has 0 unspecified atom stereocenters. The number of carbonyl (C=O) groups excluding carboxylic acids is 3. The van der Waals surface area contributed by atoms with Crippen molar-refractivity contribution in [1.29, 1.82) is 0 Å². The van der Waals surface area contributed by atoms with Crippen molar-refractivity contribution in [3.05, 3.63) is 65.2 Å². The van der Waals surface area contributed by atoms with E-state index in [1.54, 1.807) is 0 Å². The van der Waals surface area contributed by atoms with Crippen molar-refractivity contribution in [2.45, 2.75) is 56.3 Å². The van der Waals surface area contributed by atoms with E-state index in [2.05, 4.69) is 10.6 Å². The van der Waals surface area contributed by atoms with Crippen LogP contribution >= 0.6 is 0 Å². The monoisotopic (exact) mass is 626 g/mol. The summed E-state index contributed by atoms with van der Waals surface area (Å²) in [5.41, 5.74) is 0.785. The predicted octanol–water partition coefficient (Wildman–Crippen LogP) is 2.33. The van der Waals surface area contributed by atoms with Gasteiger partial charge in [-0.2, -0.15) is 17.5 Å². The Kier molecular flexibility index (Phi) is 10.9. The number of halogens is 3. The number of carboxylic acid groups (broad SMARTS) is 1. The molecule has 1 heterocycles. The number of sulfonamides is 1. The van der Waals surface area contributed by atoms with Crippen LogP contribution in [0.2, 0.25) is 0 Å². The standard InChI is InChI=1S/C28H33F3N4O7S/c1-18(2)20-5-3-19(4-6-20)15-33-27(40)23-17-34(25(37)16-32-24(36)11-12-26(38)39)13-14-35(23)43(41,42)22-9-7-21(8-10-22)28(29,30)31/h3-10,18,23H,11-17H2,1-2H3,(H,32,36)(H,33,40)(H,38,39)/t23-/m1/s1. The quantitative estimate of drug-likeness (QED) is 0.346. The van der Waals surface area contributed by atoms with Gasteiger partial charge in [0.2, 0.25) is 27.7 Å². The highest BCUT2D eigenvalue weighted by atomic mass is 32.2. The van der Waals surface area contributed by atoms with Crippen molar-refractivity contribution in [2.24, 2.45) is 0 Å². The molecule has 0 bridgehead atoms. The molecule has 3 rings (SSSR count). The second-order valence-electron chi connectivity index (χ2n) is 10.3.